The molecule has 0 aliphatic heterocycles. The number of nitrogens with one attached hydrogen (secondary N) is 1. The number of benzene rings is 1. The molecule has 0 saturated carbocycles. The summed E-state index contributed by atoms with van der Waals surface area (Å²) in [6.07, 6.45) is 5.07. The zero-order valence-electron chi connectivity index (χ0n) is 15.6. The fourth-order valence-corrected chi connectivity index (χ4v) is 3.09. The highest BCUT2D eigenvalue weighted by molar-refractivity contribution is 6.29. The predicted octanol–water partition coefficient (Wildman–Crippen LogP) is 5.35. The minimum atomic E-state index is -0.667. The molecule has 0 radical (unpaired) electrons. The molecule has 0 aliphatic carbocycles. The number of carbonyl (C=O) groups excluding carboxylic acids is 1. The number of hydrogen-bond acceptors (Lipinski definition) is 3. The van der Waals surface area contributed by atoms with Gasteiger partial charge in [0.05, 0.1) is 5.41 Å². The summed E-state index contributed by atoms with van der Waals surface area (Å²) < 4.78 is 0. The number of carbonyl (C=O) groups is 1. The number of aromatic nitrogens is 2. The van der Waals surface area contributed by atoms with E-state index in [1.165, 1.54) is 0 Å². The molecular weight excluding hydrogens is 358 g/mol. The average Bonchev–Trinajstić information content (AvgIpc) is 2.68. The van der Waals surface area contributed by atoms with Crippen LogP contribution in [0.4, 0.5) is 5.69 Å². The summed E-state index contributed by atoms with van der Waals surface area (Å²) in [6.45, 7) is 6.10. The Kier molecular flexibility index (Phi) is 5.57. The van der Waals surface area contributed by atoms with E-state index < -0.39 is 5.41 Å². The van der Waals surface area contributed by atoms with Crippen LogP contribution in [0.5, 0.6) is 0 Å². The van der Waals surface area contributed by atoms with E-state index in [0.29, 0.717) is 5.15 Å². The SMILES string of the molecule is CC(C)C(C)(C(=O)Nc1ccncc1)c1ccc(-c2ccc(Cl)nc2)cc1. The van der Waals surface area contributed by atoms with Gasteiger partial charge in [-0.25, -0.2) is 4.98 Å². The average molecular weight is 380 g/mol. The molecule has 27 heavy (non-hydrogen) atoms. The summed E-state index contributed by atoms with van der Waals surface area (Å²) in [5, 5.41) is 3.48. The van der Waals surface area contributed by atoms with Gasteiger partial charge in [0.25, 0.3) is 0 Å². The van der Waals surface area contributed by atoms with Crippen molar-refractivity contribution >= 4 is 23.2 Å². The van der Waals surface area contributed by atoms with E-state index in [1.807, 2.05) is 37.3 Å². The molecule has 4 nitrogen and oxygen atoms in total. The third-order valence-corrected chi connectivity index (χ3v) is 5.33. The van der Waals surface area contributed by atoms with Crippen LogP contribution in [0.2, 0.25) is 5.15 Å². The van der Waals surface area contributed by atoms with Crippen LogP contribution in [0.1, 0.15) is 26.3 Å². The lowest BCUT2D eigenvalue weighted by molar-refractivity contribution is -0.122. The molecule has 138 valence electrons. The lowest BCUT2D eigenvalue weighted by atomic mass is 9.72. The standard InChI is InChI=1S/C22H22ClN3O/c1-15(2)22(3,21(27)26-19-10-12-24-13-11-19)18-7-4-16(5-8-18)17-6-9-20(23)25-14-17/h4-15H,1-3H3,(H,24,26,27). The van der Waals surface area contributed by atoms with Crippen molar-refractivity contribution in [2.75, 3.05) is 5.32 Å². The first-order valence-electron chi connectivity index (χ1n) is 8.85. The molecule has 1 aromatic carbocycles. The van der Waals surface area contributed by atoms with E-state index >= 15 is 0 Å². The van der Waals surface area contributed by atoms with Gasteiger partial charge >= 0.3 is 0 Å². The van der Waals surface area contributed by atoms with E-state index in [9.17, 15) is 4.79 Å². The largest absolute Gasteiger partial charge is 0.325 e. The molecule has 0 bridgehead atoms. The first-order valence-corrected chi connectivity index (χ1v) is 9.23. The van der Waals surface area contributed by atoms with Crippen LogP contribution in [-0.2, 0) is 10.2 Å². The maximum absolute atomic E-state index is 13.1. The van der Waals surface area contributed by atoms with E-state index in [-0.39, 0.29) is 11.8 Å². The molecule has 5 heteroatoms. The van der Waals surface area contributed by atoms with E-state index in [4.69, 9.17) is 11.6 Å². The molecule has 1 N–H and O–H groups in total. The minimum absolute atomic E-state index is 0.0374. The molecule has 3 aromatic rings. The van der Waals surface area contributed by atoms with Crippen LogP contribution < -0.4 is 5.32 Å². The number of nitrogens with zero attached hydrogens (tertiary/aromatic N) is 2. The summed E-state index contributed by atoms with van der Waals surface area (Å²) in [4.78, 5) is 21.2. The van der Waals surface area contributed by atoms with Gasteiger partial charge in [0.2, 0.25) is 5.91 Å². The predicted molar refractivity (Wildman–Crippen MR) is 110 cm³/mol. The third kappa shape index (κ3) is 4.01. The van der Waals surface area contributed by atoms with Gasteiger partial charge in [0.15, 0.2) is 0 Å². The number of anilines is 1. The summed E-state index contributed by atoms with van der Waals surface area (Å²) in [5.74, 6) is 0.0759. The monoisotopic (exact) mass is 379 g/mol. The van der Waals surface area contributed by atoms with Gasteiger partial charge in [-0.05, 0) is 48.2 Å². The first kappa shape index (κ1) is 19.1. The summed E-state index contributed by atoms with van der Waals surface area (Å²) >= 11 is 5.86. The molecule has 1 atom stereocenters. The molecule has 2 heterocycles. The maximum atomic E-state index is 13.1. The van der Waals surface area contributed by atoms with Gasteiger partial charge in [-0.15, -0.1) is 0 Å². The molecule has 0 fully saturated rings. The van der Waals surface area contributed by atoms with E-state index in [0.717, 1.165) is 22.4 Å². The highest BCUT2D eigenvalue weighted by Gasteiger charge is 2.38. The topological polar surface area (TPSA) is 54.9 Å². The van der Waals surface area contributed by atoms with Crippen LogP contribution in [0, 0.1) is 5.92 Å². The van der Waals surface area contributed by atoms with Crippen LogP contribution >= 0.6 is 11.6 Å². The highest BCUT2D eigenvalue weighted by Crippen LogP contribution is 2.34. The Balaban J connectivity index is 1.89. The Morgan fingerprint density at radius 2 is 1.63 bits per heavy atom. The molecular formula is C22H22ClN3O. The molecule has 0 spiro atoms. The van der Waals surface area contributed by atoms with Gasteiger partial charge in [0.1, 0.15) is 5.15 Å². The van der Waals surface area contributed by atoms with Crippen LogP contribution in [0.15, 0.2) is 67.1 Å². The van der Waals surface area contributed by atoms with Crippen LogP contribution in [0.25, 0.3) is 11.1 Å². The quantitative estimate of drug-likeness (QED) is 0.608. The Morgan fingerprint density at radius 3 is 2.19 bits per heavy atom. The highest BCUT2D eigenvalue weighted by atomic mass is 35.5. The fourth-order valence-electron chi connectivity index (χ4n) is 2.98. The molecule has 0 saturated heterocycles. The van der Waals surface area contributed by atoms with Crippen molar-refractivity contribution in [1.82, 2.24) is 9.97 Å². The van der Waals surface area contributed by atoms with Crippen LogP contribution in [0.3, 0.4) is 0 Å². The molecule has 1 unspecified atom stereocenters. The van der Waals surface area contributed by atoms with Crippen LogP contribution in [-0.4, -0.2) is 15.9 Å². The maximum Gasteiger partial charge on any atom is 0.235 e. The summed E-state index contributed by atoms with van der Waals surface area (Å²) in [7, 11) is 0. The van der Waals surface area contributed by atoms with Gasteiger partial charge in [-0.1, -0.05) is 49.7 Å². The second-order valence-corrected chi connectivity index (χ2v) is 7.38. The zero-order chi connectivity index (χ0) is 19.4. The van der Waals surface area contributed by atoms with Crippen molar-refractivity contribution in [3.63, 3.8) is 0 Å². The molecule has 1 amide bonds. The van der Waals surface area contributed by atoms with Gasteiger partial charge in [-0.2, -0.15) is 0 Å². The van der Waals surface area contributed by atoms with Crippen molar-refractivity contribution in [2.24, 2.45) is 5.92 Å². The third-order valence-electron chi connectivity index (χ3n) is 5.11. The number of amides is 1. The Hall–Kier alpha value is -2.72. The Labute approximate surface area is 164 Å². The zero-order valence-corrected chi connectivity index (χ0v) is 16.4. The molecule has 3 rings (SSSR count). The normalized spacial score (nSPS) is 13.2. The van der Waals surface area contributed by atoms with Crippen molar-refractivity contribution in [2.45, 2.75) is 26.2 Å². The lowest BCUT2D eigenvalue weighted by Crippen LogP contribution is -2.42. The first-order chi connectivity index (χ1) is 12.9. The minimum Gasteiger partial charge on any atom is -0.325 e. The summed E-state index contributed by atoms with van der Waals surface area (Å²) in [5.41, 5.74) is 3.06. The van der Waals surface area contributed by atoms with Gasteiger partial charge < -0.3 is 5.32 Å². The van der Waals surface area contributed by atoms with Crippen molar-refractivity contribution in [3.05, 3.63) is 77.8 Å². The smallest absolute Gasteiger partial charge is 0.235 e. The van der Waals surface area contributed by atoms with Crippen molar-refractivity contribution in [3.8, 4) is 11.1 Å². The van der Waals surface area contributed by atoms with Crippen molar-refractivity contribution < 1.29 is 4.79 Å². The fraction of sp³-hybridized carbons (Fsp3) is 0.227. The molecule has 0 aliphatic rings. The van der Waals surface area contributed by atoms with Crippen molar-refractivity contribution in [1.29, 1.82) is 0 Å². The van der Waals surface area contributed by atoms with Gasteiger partial charge in [0, 0.05) is 29.8 Å². The number of hydrogen-bond donors (Lipinski definition) is 1. The number of halogens is 1. The van der Waals surface area contributed by atoms with Gasteiger partial charge in [-0.3, -0.25) is 9.78 Å². The summed E-state index contributed by atoms with van der Waals surface area (Å²) in [6, 6.07) is 15.3. The van der Waals surface area contributed by atoms with E-state index in [2.05, 4.69) is 29.1 Å². The molecule has 2 aromatic heterocycles. The van der Waals surface area contributed by atoms with E-state index in [1.54, 1.807) is 36.8 Å². The number of rotatable bonds is 5. The Morgan fingerprint density at radius 1 is 1.00 bits per heavy atom. The number of pyridine rings is 2. The Bertz CT molecular complexity index is 909. The second-order valence-electron chi connectivity index (χ2n) is 6.99. The second kappa shape index (κ2) is 7.89. The lowest BCUT2D eigenvalue weighted by Gasteiger charge is -2.33.